The maximum absolute atomic E-state index is 11.9. The molecule has 3 aromatic rings. The van der Waals surface area contributed by atoms with E-state index in [1.807, 2.05) is 48.5 Å². The molecule has 0 bridgehead atoms. The van der Waals surface area contributed by atoms with Crippen LogP contribution < -0.4 is 9.47 Å². The molecule has 0 unspecified atom stereocenters. The predicted octanol–water partition coefficient (Wildman–Crippen LogP) is 3.26. The normalized spacial score (nSPS) is 12.9. The molecule has 0 spiro atoms. The van der Waals surface area contributed by atoms with Crippen molar-refractivity contribution in [3.63, 3.8) is 0 Å². The second kappa shape index (κ2) is 7.74. The molecule has 0 N–H and O–H groups in total. The van der Waals surface area contributed by atoms with Gasteiger partial charge in [0.2, 0.25) is 5.89 Å². The minimum atomic E-state index is -0.510. The van der Waals surface area contributed by atoms with Gasteiger partial charge in [-0.15, -0.1) is 10.2 Å². The molecule has 0 saturated carbocycles. The number of hydrogen-bond donors (Lipinski definition) is 0. The molecule has 7 nitrogen and oxygen atoms in total. The fourth-order valence-electron chi connectivity index (χ4n) is 2.52. The van der Waals surface area contributed by atoms with Crippen LogP contribution in [0.2, 0.25) is 0 Å². The lowest BCUT2D eigenvalue weighted by Crippen LogP contribution is -2.15. The molecular formula is C20H16N2O5. The average Bonchev–Trinajstić information content (AvgIpc) is 3.20. The van der Waals surface area contributed by atoms with Crippen molar-refractivity contribution >= 4 is 12.0 Å². The molecule has 2 aromatic carbocycles. The van der Waals surface area contributed by atoms with E-state index in [1.165, 1.54) is 6.08 Å². The Morgan fingerprint density at radius 1 is 1.04 bits per heavy atom. The van der Waals surface area contributed by atoms with Crippen molar-refractivity contribution in [2.45, 2.75) is 6.61 Å². The highest BCUT2D eigenvalue weighted by Gasteiger charge is 2.12. The van der Waals surface area contributed by atoms with Gasteiger partial charge in [-0.2, -0.15) is 0 Å². The van der Waals surface area contributed by atoms with Crippen LogP contribution in [0.1, 0.15) is 11.5 Å². The number of carbonyl (C=O) groups is 1. The van der Waals surface area contributed by atoms with E-state index >= 15 is 0 Å². The van der Waals surface area contributed by atoms with E-state index < -0.39 is 5.97 Å². The summed E-state index contributed by atoms with van der Waals surface area (Å²) in [6.45, 7) is 0.956. The van der Waals surface area contributed by atoms with E-state index in [9.17, 15) is 4.79 Å². The third-order valence-electron chi connectivity index (χ3n) is 3.80. The van der Waals surface area contributed by atoms with E-state index in [1.54, 1.807) is 6.08 Å². The molecule has 136 valence electrons. The van der Waals surface area contributed by atoms with Crippen LogP contribution in [0, 0.1) is 0 Å². The lowest BCUT2D eigenvalue weighted by molar-refractivity contribution is -0.139. The first-order valence-electron chi connectivity index (χ1n) is 8.40. The van der Waals surface area contributed by atoms with Gasteiger partial charge >= 0.3 is 5.97 Å². The summed E-state index contributed by atoms with van der Waals surface area (Å²) >= 11 is 0. The Labute approximate surface area is 155 Å². The number of carbonyl (C=O) groups excluding carboxylic acids is 1. The molecule has 1 aromatic heterocycles. The molecule has 2 heterocycles. The average molecular weight is 364 g/mol. The summed E-state index contributed by atoms with van der Waals surface area (Å²) in [4.78, 5) is 11.9. The second-order valence-corrected chi connectivity index (χ2v) is 5.71. The topological polar surface area (TPSA) is 83.7 Å². The zero-order chi connectivity index (χ0) is 18.5. The predicted molar refractivity (Wildman–Crippen MR) is 96.0 cm³/mol. The molecule has 0 atom stereocenters. The van der Waals surface area contributed by atoms with E-state index in [-0.39, 0.29) is 12.5 Å². The van der Waals surface area contributed by atoms with E-state index in [0.29, 0.717) is 30.6 Å². The van der Waals surface area contributed by atoms with Crippen molar-refractivity contribution in [3.05, 3.63) is 66.1 Å². The van der Waals surface area contributed by atoms with Crippen LogP contribution >= 0.6 is 0 Å². The Bertz CT molecular complexity index is 966. The summed E-state index contributed by atoms with van der Waals surface area (Å²) in [5, 5.41) is 7.83. The molecule has 0 amide bonds. The van der Waals surface area contributed by atoms with Crippen molar-refractivity contribution in [2.24, 2.45) is 0 Å². The summed E-state index contributed by atoms with van der Waals surface area (Å²) in [5.41, 5.74) is 1.61. The minimum Gasteiger partial charge on any atom is -0.486 e. The van der Waals surface area contributed by atoms with Gasteiger partial charge in [-0.1, -0.05) is 24.3 Å². The van der Waals surface area contributed by atoms with Gasteiger partial charge in [-0.05, 0) is 35.9 Å². The van der Waals surface area contributed by atoms with Crippen LogP contribution in [0.3, 0.4) is 0 Å². The maximum Gasteiger partial charge on any atom is 0.331 e. The minimum absolute atomic E-state index is 0.0931. The molecule has 0 saturated heterocycles. The third-order valence-corrected chi connectivity index (χ3v) is 3.80. The van der Waals surface area contributed by atoms with Gasteiger partial charge in [-0.25, -0.2) is 4.79 Å². The molecule has 7 heteroatoms. The number of ether oxygens (including phenoxy) is 3. The molecule has 0 fully saturated rings. The fraction of sp³-hybridized carbons (Fsp3) is 0.150. The number of hydrogen-bond acceptors (Lipinski definition) is 7. The fourth-order valence-corrected chi connectivity index (χ4v) is 2.52. The quantitative estimate of drug-likeness (QED) is 0.507. The van der Waals surface area contributed by atoms with Gasteiger partial charge in [0.05, 0.1) is 0 Å². The third kappa shape index (κ3) is 4.14. The molecule has 1 aliphatic rings. The van der Waals surface area contributed by atoms with Gasteiger partial charge < -0.3 is 18.6 Å². The maximum atomic E-state index is 11.9. The highest BCUT2D eigenvalue weighted by atomic mass is 16.6. The summed E-state index contributed by atoms with van der Waals surface area (Å²) in [6.07, 6.45) is 2.98. The molecule has 27 heavy (non-hydrogen) atoms. The molecule has 1 aliphatic heterocycles. The summed E-state index contributed by atoms with van der Waals surface area (Å²) in [7, 11) is 0. The van der Waals surface area contributed by atoms with Crippen molar-refractivity contribution in [1.29, 1.82) is 0 Å². The van der Waals surface area contributed by atoms with Crippen LogP contribution in [0.15, 0.2) is 59.0 Å². The lowest BCUT2D eigenvalue weighted by Gasteiger charge is -2.18. The van der Waals surface area contributed by atoms with Crippen molar-refractivity contribution in [1.82, 2.24) is 10.2 Å². The number of esters is 1. The largest absolute Gasteiger partial charge is 0.486 e. The summed E-state index contributed by atoms with van der Waals surface area (Å²) in [5.74, 6) is 1.47. The zero-order valence-corrected chi connectivity index (χ0v) is 14.3. The SMILES string of the molecule is O=C(/C=C/c1ccc2c(c1)OCCO2)OCc1nnc(-c2ccccc2)o1. The molecule has 0 aliphatic carbocycles. The molecule has 0 radical (unpaired) electrons. The number of rotatable bonds is 5. The van der Waals surface area contributed by atoms with Crippen molar-refractivity contribution < 1.29 is 23.4 Å². The van der Waals surface area contributed by atoms with E-state index in [0.717, 1.165) is 11.1 Å². The Balaban J connectivity index is 1.33. The Morgan fingerprint density at radius 3 is 2.70 bits per heavy atom. The van der Waals surface area contributed by atoms with E-state index in [4.69, 9.17) is 18.6 Å². The first-order valence-corrected chi connectivity index (χ1v) is 8.40. The zero-order valence-electron chi connectivity index (χ0n) is 14.3. The van der Waals surface area contributed by atoms with Crippen molar-refractivity contribution in [3.8, 4) is 23.0 Å². The highest BCUT2D eigenvalue weighted by Crippen LogP contribution is 2.31. The highest BCUT2D eigenvalue weighted by molar-refractivity contribution is 5.87. The second-order valence-electron chi connectivity index (χ2n) is 5.71. The van der Waals surface area contributed by atoms with Crippen molar-refractivity contribution in [2.75, 3.05) is 13.2 Å². The van der Waals surface area contributed by atoms with E-state index in [2.05, 4.69) is 10.2 Å². The number of nitrogens with zero attached hydrogens (tertiary/aromatic N) is 2. The molecule has 4 rings (SSSR count). The number of benzene rings is 2. The number of aromatic nitrogens is 2. The lowest BCUT2D eigenvalue weighted by atomic mass is 10.2. The van der Waals surface area contributed by atoms with Gasteiger partial charge in [0.1, 0.15) is 13.2 Å². The van der Waals surface area contributed by atoms with Gasteiger partial charge in [-0.3, -0.25) is 0 Å². The standard InChI is InChI=1S/C20H16N2O5/c23-19(9-7-14-6-8-16-17(12-14)25-11-10-24-16)26-13-18-21-22-20(27-18)15-4-2-1-3-5-15/h1-9,12H,10-11,13H2/b9-7+. The van der Waals surface area contributed by atoms with Gasteiger partial charge in [0.25, 0.3) is 5.89 Å². The summed E-state index contributed by atoms with van der Waals surface area (Å²) in [6, 6.07) is 14.8. The first-order chi connectivity index (χ1) is 13.3. The van der Waals surface area contributed by atoms with Crippen LogP contribution in [0.4, 0.5) is 0 Å². The van der Waals surface area contributed by atoms with Gasteiger partial charge in [0, 0.05) is 11.6 Å². The van der Waals surface area contributed by atoms with Crippen LogP contribution in [-0.2, 0) is 16.1 Å². The van der Waals surface area contributed by atoms with Crippen LogP contribution in [0.5, 0.6) is 11.5 Å². The van der Waals surface area contributed by atoms with Crippen LogP contribution in [0.25, 0.3) is 17.5 Å². The van der Waals surface area contributed by atoms with Crippen LogP contribution in [-0.4, -0.2) is 29.4 Å². The monoisotopic (exact) mass is 364 g/mol. The first kappa shape index (κ1) is 16.8. The Kier molecular flexibility index (Phi) is 4.82. The smallest absolute Gasteiger partial charge is 0.331 e. The van der Waals surface area contributed by atoms with Gasteiger partial charge in [0.15, 0.2) is 18.1 Å². The Hall–Kier alpha value is -3.61. The molecular weight excluding hydrogens is 348 g/mol. The Morgan fingerprint density at radius 2 is 1.85 bits per heavy atom. The summed E-state index contributed by atoms with van der Waals surface area (Å²) < 4.78 is 21.6. The number of fused-ring (bicyclic) bond motifs is 1.